The number of hydrogen-bond acceptors (Lipinski definition) is 5. The fraction of sp³-hybridized carbons (Fsp3) is 0.150. The van der Waals surface area contributed by atoms with Gasteiger partial charge in [0.2, 0.25) is 0 Å². The van der Waals surface area contributed by atoms with E-state index in [2.05, 4.69) is 5.32 Å². The number of ether oxygens (including phenoxy) is 1. The maximum Gasteiger partial charge on any atom is 0.310 e. The van der Waals surface area contributed by atoms with Crippen LogP contribution in [0.2, 0.25) is 0 Å². The number of aryl methyl sites for hydroxylation is 1. The Bertz CT molecular complexity index is 1010. The Morgan fingerprint density at radius 3 is 2.88 bits per heavy atom. The number of nitrogens with one attached hydrogen (secondary N) is 1. The summed E-state index contributed by atoms with van der Waals surface area (Å²) in [4.78, 5) is 23.9. The molecule has 0 aliphatic heterocycles. The third kappa shape index (κ3) is 4.08. The zero-order valence-corrected chi connectivity index (χ0v) is 14.1. The summed E-state index contributed by atoms with van der Waals surface area (Å²) in [6.45, 7) is 1.56. The van der Waals surface area contributed by atoms with Crippen LogP contribution in [0.3, 0.4) is 0 Å². The molecule has 0 radical (unpaired) electrons. The molecule has 3 rings (SSSR count). The lowest BCUT2D eigenvalue weighted by molar-refractivity contribution is -0.146. The van der Waals surface area contributed by atoms with Gasteiger partial charge in [0.05, 0.1) is 24.3 Å². The van der Waals surface area contributed by atoms with Crippen LogP contribution < -0.4 is 5.32 Å². The highest BCUT2D eigenvalue weighted by Gasteiger charge is 2.13. The molecule has 1 aromatic heterocycles. The van der Waals surface area contributed by atoms with E-state index in [1.807, 2.05) is 31.2 Å². The number of amides is 1. The van der Waals surface area contributed by atoms with E-state index < -0.39 is 18.5 Å². The molecule has 0 saturated carbocycles. The lowest BCUT2D eigenvalue weighted by atomic mass is 10.1. The molecule has 0 fully saturated rings. The number of fused-ring (bicyclic) bond motifs is 1. The molecule has 6 heteroatoms. The summed E-state index contributed by atoms with van der Waals surface area (Å²) in [5.74, 6) is -0.990. The van der Waals surface area contributed by atoms with Crippen LogP contribution in [0, 0.1) is 18.3 Å². The largest absolute Gasteiger partial charge is 0.464 e. The molecule has 0 aliphatic carbocycles. The minimum absolute atomic E-state index is 0.0211. The van der Waals surface area contributed by atoms with Gasteiger partial charge in [-0.1, -0.05) is 18.2 Å². The molecule has 1 heterocycles. The van der Waals surface area contributed by atoms with Crippen molar-refractivity contribution in [2.24, 2.45) is 0 Å². The Balaban J connectivity index is 1.54. The topological polar surface area (TPSA) is 92.3 Å². The van der Waals surface area contributed by atoms with Crippen molar-refractivity contribution in [3.8, 4) is 6.07 Å². The summed E-state index contributed by atoms with van der Waals surface area (Å²) in [6.07, 6.45) is 1.55. The molecule has 0 unspecified atom stereocenters. The highest BCUT2D eigenvalue weighted by atomic mass is 16.5. The summed E-state index contributed by atoms with van der Waals surface area (Å²) >= 11 is 0. The van der Waals surface area contributed by atoms with Crippen LogP contribution in [-0.2, 0) is 20.7 Å². The number of nitriles is 1. The van der Waals surface area contributed by atoms with Gasteiger partial charge in [0.25, 0.3) is 5.91 Å². The van der Waals surface area contributed by atoms with Crippen molar-refractivity contribution in [2.75, 3.05) is 11.9 Å². The SMILES string of the molecule is Cc1ccc2c(CC(=O)OCC(=O)Nc3cccc(C#N)c3)coc2c1. The van der Waals surface area contributed by atoms with Gasteiger partial charge in [-0.25, -0.2) is 0 Å². The van der Waals surface area contributed by atoms with E-state index in [0.29, 0.717) is 22.4 Å². The van der Waals surface area contributed by atoms with Gasteiger partial charge in [-0.15, -0.1) is 0 Å². The summed E-state index contributed by atoms with van der Waals surface area (Å²) in [5, 5.41) is 12.3. The van der Waals surface area contributed by atoms with Crippen molar-refractivity contribution in [3.05, 3.63) is 65.4 Å². The first-order valence-electron chi connectivity index (χ1n) is 7.97. The van der Waals surface area contributed by atoms with E-state index in [4.69, 9.17) is 14.4 Å². The Morgan fingerprint density at radius 2 is 2.08 bits per heavy atom. The van der Waals surface area contributed by atoms with E-state index in [1.165, 1.54) is 6.26 Å². The maximum atomic E-state index is 12.0. The summed E-state index contributed by atoms with van der Waals surface area (Å²) in [7, 11) is 0. The molecule has 0 aliphatic rings. The first-order valence-corrected chi connectivity index (χ1v) is 7.97. The number of esters is 1. The molecule has 0 bridgehead atoms. The summed E-state index contributed by atoms with van der Waals surface area (Å²) < 4.78 is 10.5. The molecule has 0 spiro atoms. The van der Waals surface area contributed by atoms with Crippen molar-refractivity contribution >= 4 is 28.5 Å². The number of benzene rings is 2. The number of furan rings is 1. The lowest BCUT2D eigenvalue weighted by Gasteiger charge is -2.06. The zero-order chi connectivity index (χ0) is 18.5. The van der Waals surface area contributed by atoms with Crippen LogP contribution in [0.15, 0.2) is 53.1 Å². The van der Waals surface area contributed by atoms with E-state index in [9.17, 15) is 9.59 Å². The predicted octanol–water partition coefficient (Wildman–Crippen LogP) is 3.34. The van der Waals surface area contributed by atoms with Gasteiger partial charge in [-0.05, 0) is 36.8 Å². The fourth-order valence-electron chi connectivity index (χ4n) is 2.54. The van der Waals surface area contributed by atoms with Gasteiger partial charge in [-0.3, -0.25) is 9.59 Å². The minimum atomic E-state index is -0.519. The van der Waals surface area contributed by atoms with E-state index in [-0.39, 0.29) is 6.42 Å². The highest BCUT2D eigenvalue weighted by molar-refractivity contribution is 5.93. The Hall–Kier alpha value is -3.59. The minimum Gasteiger partial charge on any atom is -0.464 e. The highest BCUT2D eigenvalue weighted by Crippen LogP contribution is 2.22. The van der Waals surface area contributed by atoms with E-state index >= 15 is 0 Å². The van der Waals surface area contributed by atoms with Gasteiger partial charge in [0, 0.05) is 16.6 Å². The van der Waals surface area contributed by atoms with Crippen LogP contribution in [0.1, 0.15) is 16.7 Å². The van der Waals surface area contributed by atoms with Crippen LogP contribution in [0.25, 0.3) is 11.0 Å². The summed E-state index contributed by atoms with van der Waals surface area (Å²) in [6, 6.07) is 14.2. The van der Waals surface area contributed by atoms with Crippen LogP contribution >= 0.6 is 0 Å². The van der Waals surface area contributed by atoms with Crippen molar-refractivity contribution in [3.63, 3.8) is 0 Å². The predicted molar refractivity (Wildman–Crippen MR) is 95.4 cm³/mol. The molecule has 26 heavy (non-hydrogen) atoms. The summed E-state index contributed by atoms with van der Waals surface area (Å²) in [5.41, 5.74) is 3.40. The first-order chi connectivity index (χ1) is 12.5. The molecule has 0 atom stereocenters. The number of carbonyl (C=O) groups is 2. The number of hydrogen-bond donors (Lipinski definition) is 1. The molecule has 130 valence electrons. The van der Waals surface area contributed by atoms with E-state index in [0.717, 1.165) is 10.9 Å². The number of anilines is 1. The molecular formula is C20H16N2O4. The average Bonchev–Trinajstić information content (AvgIpc) is 3.02. The second-order valence-electron chi connectivity index (χ2n) is 5.84. The number of rotatable bonds is 5. The fourth-order valence-corrected chi connectivity index (χ4v) is 2.54. The smallest absolute Gasteiger partial charge is 0.310 e. The van der Waals surface area contributed by atoms with Gasteiger partial charge >= 0.3 is 5.97 Å². The van der Waals surface area contributed by atoms with Gasteiger partial charge in [0.15, 0.2) is 6.61 Å². The van der Waals surface area contributed by atoms with Crippen LogP contribution in [-0.4, -0.2) is 18.5 Å². The van der Waals surface area contributed by atoms with Crippen molar-refractivity contribution in [1.82, 2.24) is 0 Å². The second kappa shape index (κ2) is 7.53. The first kappa shape index (κ1) is 17.2. The normalized spacial score (nSPS) is 10.3. The van der Waals surface area contributed by atoms with Gasteiger partial charge < -0.3 is 14.5 Å². The zero-order valence-electron chi connectivity index (χ0n) is 14.1. The van der Waals surface area contributed by atoms with E-state index in [1.54, 1.807) is 24.3 Å². The average molecular weight is 348 g/mol. The lowest BCUT2D eigenvalue weighted by Crippen LogP contribution is -2.21. The third-order valence-electron chi connectivity index (χ3n) is 3.79. The van der Waals surface area contributed by atoms with Crippen molar-refractivity contribution in [1.29, 1.82) is 5.26 Å². The molecule has 0 saturated heterocycles. The van der Waals surface area contributed by atoms with Gasteiger partial charge in [0.1, 0.15) is 5.58 Å². The Labute approximate surface area is 150 Å². The van der Waals surface area contributed by atoms with Gasteiger partial charge in [-0.2, -0.15) is 5.26 Å². The monoisotopic (exact) mass is 348 g/mol. The molecule has 1 N–H and O–H groups in total. The molecule has 2 aromatic carbocycles. The number of carbonyl (C=O) groups excluding carboxylic acids is 2. The maximum absolute atomic E-state index is 12.0. The standard InChI is InChI=1S/C20H16N2O4/c1-13-5-6-17-15(11-25-18(17)7-13)9-20(24)26-12-19(23)22-16-4-2-3-14(8-16)10-21/h2-8,11H,9,12H2,1H3,(H,22,23). The van der Waals surface area contributed by atoms with Crippen molar-refractivity contribution < 1.29 is 18.7 Å². The number of nitrogens with zero attached hydrogens (tertiary/aromatic N) is 1. The van der Waals surface area contributed by atoms with Crippen molar-refractivity contribution in [2.45, 2.75) is 13.3 Å². The molecular weight excluding hydrogens is 332 g/mol. The third-order valence-corrected chi connectivity index (χ3v) is 3.79. The molecule has 1 amide bonds. The molecule has 6 nitrogen and oxygen atoms in total. The Kier molecular flexibility index (Phi) is 4.99. The van der Waals surface area contributed by atoms with Crippen LogP contribution in [0.4, 0.5) is 5.69 Å². The Morgan fingerprint density at radius 1 is 1.23 bits per heavy atom. The second-order valence-corrected chi connectivity index (χ2v) is 5.84. The van der Waals surface area contributed by atoms with Crippen LogP contribution in [0.5, 0.6) is 0 Å². The molecule has 3 aromatic rings. The quantitative estimate of drug-likeness (QED) is 0.714.